The quantitative estimate of drug-likeness (QED) is 0.500. The Balaban J connectivity index is 3.06. The highest BCUT2D eigenvalue weighted by Gasteiger charge is 2.12. The first-order chi connectivity index (χ1) is 6.65. The molecule has 0 aliphatic heterocycles. The van der Waals surface area contributed by atoms with Gasteiger partial charge < -0.3 is 0 Å². The second-order valence-corrected chi connectivity index (χ2v) is 2.42. The van der Waals surface area contributed by atoms with Crippen molar-refractivity contribution in [1.82, 2.24) is 0 Å². The topological polar surface area (TPSA) is 17.1 Å². The normalized spacial score (nSPS) is 9.43. The molecule has 72 valence electrons. The number of rotatable bonds is 1. The summed E-state index contributed by atoms with van der Waals surface area (Å²) < 4.78 is 37.1. The average molecular weight is 198 g/mol. The van der Waals surface area contributed by atoms with Crippen molar-refractivity contribution in [3.05, 3.63) is 35.1 Å². The van der Waals surface area contributed by atoms with Crippen molar-refractivity contribution in [2.75, 3.05) is 0 Å². The average Bonchev–Trinajstić information content (AvgIpc) is 2.14. The summed E-state index contributed by atoms with van der Waals surface area (Å²) in [7, 11) is 0. The number of carbonyl (C=O) groups excluding carboxylic acids is 1. The van der Waals surface area contributed by atoms with Crippen LogP contribution in [0.1, 0.15) is 17.6 Å². The van der Waals surface area contributed by atoms with Gasteiger partial charge >= 0.3 is 0 Å². The Hall–Kier alpha value is -1.76. The first kappa shape index (κ1) is 10.3. The summed E-state index contributed by atoms with van der Waals surface area (Å²) in [4.78, 5) is 9.85. The molecular formula is C10H5F3O. The number of halogens is 3. The van der Waals surface area contributed by atoms with Crippen molar-refractivity contribution in [1.29, 1.82) is 0 Å². The van der Waals surface area contributed by atoms with Gasteiger partial charge in [-0.15, -0.1) is 0 Å². The maximum atomic E-state index is 12.9. The van der Waals surface area contributed by atoms with Crippen LogP contribution in [0, 0.1) is 17.7 Å². The van der Waals surface area contributed by atoms with Gasteiger partial charge in [0.05, 0.1) is 5.56 Å². The number of aldehydes is 1. The van der Waals surface area contributed by atoms with Gasteiger partial charge in [0.2, 0.25) is 0 Å². The van der Waals surface area contributed by atoms with E-state index in [4.69, 9.17) is 0 Å². The molecule has 0 heterocycles. The summed E-state index contributed by atoms with van der Waals surface area (Å²) in [5, 5.41) is 0. The van der Waals surface area contributed by atoms with Crippen molar-refractivity contribution in [3.63, 3.8) is 0 Å². The lowest BCUT2D eigenvalue weighted by Crippen LogP contribution is -1.91. The van der Waals surface area contributed by atoms with Gasteiger partial charge in [-0.2, -0.15) is 0 Å². The molecule has 1 rings (SSSR count). The van der Waals surface area contributed by atoms with E-state index in [1.54, 1.807) is 0 Å². The van der Waals surface area contributed by atoms with E-state index in [1.807, 2.05) is 0 Å². The maximum Gasteiger partial charge on any atom is 0.266 e. The maximum absolute atomic E-state index is 12.9. The predicted molar refractivity (Wildman–Crippen MR) is 44.3 cm³/mol. The van der Waals surface area contributed by atoms with Crippen LogP contribution in [0.2, 0.25) is 0 Å². The van der Waals surface area contributed by atoms with Crippen LogP contribution >= 0.6 is 0 Å². The fourth-order valence-corrected chi connectivity index (χ4v) is 0.895. The zero-order chi connectivity index (χ0) is 10.6. The molecule has 0 aromatic heterocycles. The van der Waals surface area contributed by atoms with E-state index in [2.05, 4.69) is 11.8 Å². The summed E-state index contributed by atoms with van der Waals surface area (Å²) in [6.45, 7) is 0. The molecule has 1 aromatic carbocycles. The lowest BCUT2D eigenvalue weighted by molar-refractivity contribution is -0.103. The van der Waals surface area contributed by atoms with Gasteiger partial charge in [0, 0.05) is 5.56 Å². The van der Waals surface area contributed by atoms with Crippen LogP contribution in [0.25, 0.3) is 0 Å². The summed E-state index contributed by atoms with van der Waals surface area (Å²) in [5.74, 6) is 3.34. The second-order valence-electron chi connectivity index (χ2n) is 2.42. The highest BCUT2D eigenvalue weighted by Crippen LogP contribution is 2.22. The zero-order valence-corrected chi connectivity index (χ0v) is 6.93. The van der Waals surface area contributed by atoms with Gasteiger partial charge in [0.25, 0.3) is 6.43 Å². The number of alkyl halides is 2. The highest BCUT2D eigenvalue weighted by molar-refractivity contribution is 5.73. The van der Waals surface area contributed by atoms with E-state index in [0.29, 0.717) is 6.29 Å². The Morgan fingerprint density at radius 2 is 2.07 bits per heavy atom. The van der Waals surface area contributed by atoms with Crippen LogP contribution < -0.4 is 0 Å². The van der Waals surface area contributed by atoms with Crippen LogP contribution in [0.15, 0.2) is 18.2 Å². The molecule has 0 bridgehead atoms. The number of hydrogen-bond donors (Lipinski definition) is 0. The van der Waals surface area contributed by atoms with E-state index >= 15 is 0 Å². The van der Waals surface area contributed by atoms with Crippen molar-refractivity contribution in [3.8, 4) is 11.8 Å². The van der Waals surface area contributed by atoms with Gasteiger partial charge in [0.1, 0.15) is 5.82 Å². The largest absolute Gasteiger partial charge is 0.289 e. The standard InChI is InChI=1S/C10H5F3O/c11-9-6-7(2-1-5-14)3-4-8(9)10(12)13/h3-6,10H. The summed E-state index contributed by atoms with van der Waals surface area (Å²) in [6, 6.07) is 3.06. The number of hydrogen-bond acceptors (Lipinski definition) is 1. The van der Waals surface area contributed by atoms with Gasteiger partial charge in [0.15, 0.2) is 6.29 Å². The van der Waals surface area contributed by atoms with E-state index in [9.17, 15) is 18.0 Å². The second kappa shape index (κ2) is 4.47. The summed E-state index contributed by atoms with van der Waals surface area (Å²) in [5.41, 5.74) is -0.472. The zero-order valence-electron chi connectivity index (χ0n) is 6.93. The lowest BCUT2D eigenvalue weighted by Gasteiger charge is -2.00. The molecule has 0 atom stereocenters. The van der Waals surface area contributed by atoms with Crippen LogP contribution in [0.4, 0.5) is 13.2 Å². The third-order valence-electron chi connectivity index (χ3n) is 1.51. The van der Waals surface area contributed by atoms with Crippen LogP contribution in [0.3, 0.4) is 0 Å². The van der Waals surface area contributed by atoms with Gasteiger partial charge in [-0.3, -0.25) is 4.79 Å². The van der Waals surface area contributed by atoms with Crippen molar-refractivity contribution in [2.24, 2.45) is 0 Å². The molecule has 0 saturated heterocycles. The molecule has 0 amide bonds. The van der Waals surface area contributed by atoms with E-state index < -0.39 is 17.8 Å². The van der Waals surface area contributed by atoms with E-state index in [0.717, 1.165) is 12.1 Å². The third kappa shape index (κ3) is 2.36. The molecule has 0 aliphatic rings. The Morgan fingerprint density at radius 3 is 2.57 bits per heavy atom. The van der Waals surface area contributed by atoms with Crippen molar-refractivity contribution < 1.29 is 18.0 Å². The SMILES string of the molecule is O=CC#Cc1ccc(C(F)F)c(F)c1. The predicted octanol–water partition coefficient (Wildman–Crippen LogP) is 2.31. The van der Waals surface area contributed by atoms with Crippen LogP contribution in [-0.2, 0) is 4.79 Å². The minimum Gasteiger partial charge on any atom is -0.289 e. The molecule has 1 aromatic rings. The molecular weight excluding hydrogens is 193 g/mol. The highest BCUT2D eigenvalue weighted by atomic mass is 19.3. The molecule has 0 saturated carbocycles. The molecule has 0 fully saturated rings. The van der Waals surface area contributed by atoms with Gasteiger partial charge in [-0.25, -0.2) is 13.2 Å². The summed E-state index contributed by atoms with van der Waals surface area (Å²) >= 11 is 0. The first-order valence-electron chi connectivity index (χ1n) is 3.68. The third-order valence-corrected chi connectivity index (χ3v) is 1.51. The minimum atomic E-state index is -2.84. The number of carbonyl (C=O) groups is 1. The molecule has 0 unspecified atom stereocenters. The smallest absolute Gasteiger partial charge is 0.266 e. The van der Waals surface area contributed by atoms with E-state index in [1.165, 1.54) is 6.07 Å². The molecule has 4 heteroatoms. The number of benzene rings is 1. The monoisotopic (exact) mass is 198 g/mol. The van der Waals surface area contributed by atoms with Gasteiger partial charge in [-0.1, -0.05) is 5.92 Å². The van der Waals surface area contributed by atoms with Crippen molar-refractivity contribution >= 4 is 6.29 Å². The Morgan fingerprint density at radius 1 is 1.36 bits per heavy atom. The summed E-state index contributed by atoms with van der Waals surface area (Å²) in [6.07, 6.45) is -2.50. The molecule has 1 nitrogen and oxygen atoms in total. The Kier molecular flexibility index (Phi) is 3.29. The fraction of sp³-hybridized carbons (Fsp3) is 0.100. The fourth-order valence-electron chi connectivity index (χ4n) is 0.895. The molecule has 0 radical (unpaired) electrons. The lowest BCUT2D eigenvalue weighted by atomic mass is 10.1. The molecule has 0 spiro atoms. The van der Waals surface area contributed by atoms with E-state index in [-0.39, 0.29) is 5.56 Å². The first-order valence-corrected chi connectivity index (χ1v) is 3.68. The van der Waals surface area contributed by atoms with Crippen LogP contribution in [-0.4, -0.2) is 6.29 Å². The van der Waals surface area contributed by atoms with Gasteiger partial charge in [-0.05, 0) is 24.1 Å². The Bertz CT molecular complexity index is 402. The molecule has 0 N–H and O–H groups in total. The minimum absolute atomic E-state index is 0.194. The van der Waals surface area contributed by atoms with Crippen LogP contribution in [0.5, 0.6) is 0 Å². The van der Waals surface area contributed by atoms with Crippen molar-refractivity contribution in [2.45, 2.75) is 6.43 Å². The Labute approximate surface area is 78.5 Å². The molecule has 0 aliphatic carbocycles. The molecule has 14 heavy (non-hydrogen) atoms.